The van der Waals surface area contributed by atoms with Gasteiger partial charge in [-0.25, -0.2) is 0 Å². The molecule has 0 radical (unpaired) electrons. The highest BCUT2D eigenvalue weighted by atomic mass is 32.2. The minimum Gasteiger partial charge on any atom is -0.508 e. The summed E-state index contributed by atoms with van der Waals surface area (Å²) in [6.07, 6.45) is 0.0585. The van der Waals surface area contributed by atoms with Crippen LogP contribution in [0.25, 0.3) is 10.9 Å². The number of thioether (sulfide) groups is 1. The van der Waals surface area contributed by atoms with E-state index in [1.54, 1.807) is 161 Å². The summed E-state index contributed by atoms with van der Waals surface area (Å²) < 4.78 is 0. The van der Waals surface area contributed by atoms with Gasteiger partial charge in [-0.05, 0) is 108 Å². The number of phenolic OH excluding ortho intramolecular Hbond substituents is 2. The number of nitrogens with two attached hydrogens (primary N) is 1. The largest absolute Gasteiger partial charge is 0.508 e. The van der Waals surface area contributed by atoms with Crippen LogP contribution in [0, 0.1) is 11.8 Å². The second kappa shape index (κ2) is 48.0. The van der Waals surface area contributed by atoms with Crippen LogP contribution in [-0.4, -0.2) is 267 Å². The summed E-state index contributed by atoms with van der Waals surface area (Å²) in [6.45, 7) is 8.15. The van der Waals surface area contributed by atoms with Crippen molar-refractivity contribution in [1.29, 1.82) is 0 Å². The van der Waals surface area contributed by atoms with Crippen LogP contribution in [0.2, 0.25) is 0 Å². The van der Waals surface area contributed by atoms with E-state index < -0.39 is 187 Å². The Labute approximate surface area is 738 Å². The predicted molar refractivity (Wildman–Crippen MR) is 476 cm³/mol. The molecule has 34 heteroatoms. The van der Waals surface area contributed by atoms with Crippen LogP contribution in [0.5, 0.6) is 11.5 Å². The molecular weight excluding hydrogens is 1630 g/mol. The number of fused-ring (bicyclic) bond motifs is 1. The fourth-order valence-electron chi connectivity index (χ4n) is 14.9. The van der Waals surface area contributed by atoms with Crippen LogP contribution in [0.1, 0.15) is 101 Å². The van der Waals surface area contributed by atoms with Gasteiger partial charge in [0.15, 0.2) is 0 Å². The molecule has 2 heterocycles. The van der Waals surface area contributed by atoms with Gasteiger partial charge in [-0.3, -0.25) is 72.4 Å². The van der Waals surface area contributed by atoms with Crippen molar-refractivity contribution in [3.8, 4) is 11.5 Å². The first-order chi connectivity index (χ1) is 60.0. The minimum absolute atomic E-state index is 0.0381. The lowest BCUT2D eigenvalue weighted by Crippen LogP contribution is -2.62. The molecule has 1 aromatic heterocycles. The maximum atomic E-state index is 15.5. The molecule has 0 bridgehead atoms. The third-order valence-electron chi connectivity index (χ3n) is 22.0. The lowest BCUT2D eigenvalue weighted by Gasteiger charge is -2.37. The number of hydrogen-bond donors (Lipinski definition) is 14. The average molecular weight is 1750 g/mol. The number of aromatic hydroxyl groups is 2. The first-order valence-corrected chi connectivity index (χ1v) is 43.3. The monoisotopic (exact) mass is 1750 g/mol. The Morgan fingerprint density at radius 2 is 0.976 bits per heavy atom. The Morgan fingerprint density at radius 1 is 0.492 bits per heavy atom. The normalized spacial score (nSPS) is 22.8. The summed E-state index contributed by atoms with van der Waals surface area (Å²) in [5.74, 6) is -13.3. The molecule has 0 aliphatic carbocycles. The van der Waals surface area contributed by atoms with E-state index in [4.69, 9.17) is 5.73 Å². The van der Waals surface area contributed by atoms with Gasteiger partial charge in [-0.1, -0.05) is 181 Å². The number of para-hydroxylation sites is 1. The number of aromatic amines is 1. The molecule has 6 aromatic carbocycles. The molecule has 14 amide bonds. The number of nitrogens with zero attached hydrogens (tertiary/aromatic N) is 5. The maximum absolute atomic E-state index is 15.5. The van der Waals surface area contributed by atoms with Crippen LogP contribution in [-0.2, 0) is 106 Å². The van der Waals surface area contributed by atoms with E-state index in [9.17, 15) is 53.7 Å². The Hall–Kier alpha value is -12.7. The highest BCUT2D eigenvalue weighted by Crippen LogP contribution is 2.25. The smallest absolute Gasteiger partial charge is 0.246 e. The Kier molecular flexibility index (Phi) is 37.6. The number of nitrogens with one attached hydrogen (secondary N) is 10. The fourth-order valence-corrected chi connectivity index (χ4v) is 15.7. The number of rotatable bonds is 21. The molecule has 0 spiro atoms. The predicted octanol–water partition coefficient (Wildman–Crippen LogP) is 2.66. The number of amides is 14. The molecule has 676 valence electrons. The number of carbonyl (C=O) groups excluding carboxylic acids is 14. The van der Waals surface area contributed by atoms with Gasteiger partial charge in [0, 0.05) is 83.8 Å². The van der Waals surface area contributed by atoms with E-state index in [0.717, 1.165) is 21.6 Å². The van der Waals surface area contributed by atoms with Crippen molar-refractivity contribution in [2.24, 2.45) is 17.6 Å². The van der Waals surface area contributed by atoms with Crippen molar-refractivity contribution < 1.29 is 82.4 Å². The van der Waals surface area contributed by atoms with Crippen molar-refractivity contribution >= 4 is 105 Å². The van der Waals surface area contributed by atoms with Crippen LogP contribution in [0.3, 0.4) is 0 Å². The number of aromatic nitrogens is 1. The Balaban J connectivity index is 1.19. The van der Waals surface area contributed by atoms with E-state index in [1.807, 2.05) is 6.92 Å². The van der Waals surface area contributed by atoms with E-state index in [0.29, 0.717) is 57.1 Å². The van der Waals surface area contributed by atoms with E-state index in [-0.39, 0.29) is 74.5 Å². The first kappa shape index (κ1) is 98.7. The van der Waals surface area contributed by atoms with Crippen LogP contribution in [0.4, 0.5) is 0 Å². The molecule has 12 atom stereocenters. The van der Waals surface area contributed by atoms with Crippen molar-refractivity contribution in [2.75, 3.05) is 66.4 Å². The van der Waals surface area contributed by atoms with Crippen molar-refractivity contribution in [3.05, 3.63) is 203 Å². The van der Waals surface area contributed by atoms with Gasteiger partial charge >= 0.3 is 0 Å². The SMILES string of the molecule is CCCC[C@H]1C(=O)N(C)CC(=O)N[C@@H](C)C(=O)N[C@@H](C(C)C)C(=O)N(C)[C@@H](Cc2ccccc2)C(O)N[C@@H](Cc2ccc(O)cc2)C(=O)N(C)CC(=O)N[C@@H](Cc2c[nH]c3ccccc23)C(=O)N[C@@H](Cc2ccc(O)cc2)C(=O)N[C@@H](CC(C)C)C(=O)N[C@H](C(=O)NCC(N)=O)CSCC(=O)N[C@@H](Cc2ccccc2)C(=O)N(C)[C@@H](Cc2ccccc2)C(=O)N1C. The summed E-state index contributed by atoms with van der Waals surface area (Å²) in [6, 6.07) is 29.9. The van der Waals surface area contributed by atoms with Crippen LogP contribution >= 0.6 is 11.8 Å². The molecule has 1 aliphatic rings. The number of aliphatic hydroxyl groups excluding tert-OH is 1. The van der Waals surface area contributed by atoms with Gasteiger partial charge in [-0.2, -0.15) is 0 Å². The molecule has 15 N–H and O–H groups in total. The zero-order valence-electron chi connectivity index (χ0n) is 73.1. The third kappa shape index (κ3) is 29.5. The zero-order valence-corrected chi connectivity index (χ0v) is 74.0. The first-order valence-electron chi connectivity index (χ1n) is 42.2. The van der Waals surface area contributed by atoms with Gasteiger partial charge in [0.2, 0.25) is 82.7 Å². The summed E-state index contributed by atoms with van der Waals surface area (Å²) in [4.78, 5) is 215. The summed E-state index contributed by atoms with van der Waals surface area (Å²) in [5, 5.41) is 58.8. The van der Waals surface area contributed by atoms with Crippen molar-refractivity contribution in [3.63, 3.8) is 0 Å². The molecule has 8 rings (SSSR count). The number of carbonyl (C=O) groups is 14. The quantitative estimate of drug-likeness (QED) is 0.0492. The minimum atomic E-state index is -1.77. The van der Waals surface area contributed by atoms with Gasteiger partial charge in [-0.15, -0.1) is 11.8 Å². The fraction of sp³-hybridized carbons (Fsp3) is 0.435. The number of aliphatic hydroxyl groups is 1. The summed E-state index contributed by atoms with van der Waals surface area (Å²) >= 11 is 0.853. The highest BCUT2D eigenvalue weighted by molar-refractivity contribution is 8.00. The lowest BCUT2D eigenvalue weighted by molar-refractivity contribution is -0.151. The summed E-state index contributed by atoms with van der Waals surface area (Å²) in [5.41, 5.74) is 9.47. The standard InChI is InChI=1S/C92H120N16O17S/c1-12-13-33-74-90(123)105(8)51-78(112)96-57(6)82(115)103-81(56(4)5)92(125)107(10)75(46-59-27-19-15-20-28-59)87(120)101-71(45-62-36-40-65(110)41-37-62)88(121)104(7)52-79(113)97-70(48-63-49-94-67-32-24-23-31-66(63)67)86(119)100-69(43-61-34-38-64(109)39-35-61)85(118)99-68(42-55(2)3)84(117)102-73(83(116)95-50-77(93)111)53-126-54-80(114)98-72(44-58-25-17-14-18-26-58)89(122)108(11)76(91(124)106(74)9)47-60-29-21-16-22-30-60/h14-32,34-41,49,55-57,68-76,81,87,94,101,109-110,120H,12-13,33,42-48,50-54H2,1-11H3,(H2,93,111)(H,95,116)(H,96,112)(H,97,113)(H,98,114)(H,99,118)(H,100,119)(H,102,117)(H,103,115)/t57-,68-,69-,70-,71-,72-,73-,74-,75-,76-,81-,87?/m0/s1. The van der Waals surface area contributed by atoms with Crippen LogP contribution < -0.4 is 53.6 Å². The van der Waals surface area contributed by atoms with Gasteiger partial charge in [0.25, 0.3) is 0 Å². The molecule has 7 aromatic rings. The number of benzene rings is 6. The van der Waals surface area contributed by atoms with E-state index >= 15 is 28.8 Å². The maximum Gasteiger partial charge on any atom is 0.246 e. The van der Waals surface area contributed by atoms with E-state index in [1.165, 1.54) is 93.3 Å². The molecule has 1 saturated heterocycles. The Bertz CT molecular complexity index is 4870. The van der Waals surface area contributed by atoms with Crippen molar-refractivity contribution in [1.82, 2.24) is 77.3 Å². The van der Waals surface area contributed by atoms with Gasteiger partial charge in [0.1, 0.15) is 72.1 Å². The molecule has 1 aliphatic heterocycles. The van der Waals surface area contributed by atoms with Gasteiger partial charge in [0.05, 0.1) is 37.5 Å². The molecular formula is C92H120N16O17S. The number of unbranched alkanes of at least 4 members (excludes halogenated alkanes) is 1. The number of H-pyrrole nitrogens is 1. The molecule has 0 saturated carbocycles. The molecule has 1 fully saturated rings. The number of primary amides is 1. The summed E-state index contributed by atoms with van der Waals surface area (Å²) in [7, 11) is 6.94. The van der Waals surface area contributed by atoms with Crippen LogP contribution in [0.15, 0.2) is 170 Å². The molecule has 126 heavy (non-hydrogen) atoms. The number of phenols is 2. The second-order valence-corrected chi connectivity index (χ2v) is 33.8. The number of hydrogen-bond acceptors (Lipinski definition) is 19. The Morgan fingerprint density at radius 3 is 1.54 bits per heavy atom. The molecule has 1 unspecified atom stereocenters. The van der Waals surface area contributed by atoms with E-state index in [2.05, 4.69) is 52.8 Å². The van der Waals surface area contributed by atoms with Gasteiger partial charge < -0.3 is 93.1 Å². The number of likely N-dealkylation sites (N-methyl/N-ethyl adjacent to an activating group) is 5. The zero-order chi connectivity index (χ0) is 92.0. The molecule has 33 nitrogen and oxygen atoms in total. The highest BCUT2D eigenvalue weighted by Gasteiger charge is 2.42. The van der Waals surface area contributed by atoms with Crippen molar-refractivity contribution in [2.45, 2.75) is 178 Å². The third-order valence-corrected chi connectivity index (χ3v) is 23.0. The second-order valence-electron chi connectivity index (χ2n) is 32.8. The lowest BCUT2D eigenvalue weighted by atomic mass is 9.98. The topological polar surface area (TPSA) is 466 Å². The average Bonchev–Trinajstić information content (AvgIpc) is 1.30.